The molecule has 1 aliphatic rings. The summed E-state index contributed by atoms with van der Waals surface area (Å²) in [5, 5.41) is 3.27. The predicted molar refractivity (Wildman–Crippen MR) is 122 cm³/mol. The Morgan fingerprint density at radius 3 is 2.24 bits per heavy atom. The summed E-state index contributed by atoms with van der Waals surface area (Å²) in [6, 6.07) is 18.7. The molecule has 0 aliphatic carbocycles. The lowest BCUT2D eigenvalue weighted by Crippen LogP contribution is -2.50. The summed E-state index contributed by atoms with van der Waals surface area (Å²) in [7, 11) is 0. The van der Waals surface area contributed by atoms with Gasteiger partial charge in [0.15, 0.2) is 0 Å². The van der Waals surface area contributed by atoms with E-state index >= 15 is 0 Å². The number of benzene rings is 2. The molecule has 1 aliphatic heterocycles. The van der Waals surface area contributed by atoms with E-state index in [1.807, 2.05) is 11.0 Å². The fourth-order valence-corrected chi connectivity index (χ4v) is 3.46. The van der Waals surface area contributed by atoms with Gasteiger partial charge in [0.2, 0.25) is 5.91 Å². The van der Waals surface area contributed by atoms with E-state index in [4.69, 9.17) is 0 Å². The minimum absolute atomic E-state index is 0.143. The first-order chi connectivity index (χ1) is 13.9. The number of amides is 1. The van der Waals surface area contributed by atoms with Crippen molar-refractivity contribution in [2.75, 3.05) is 44.6 Å². The van der Waals surface area contributed by atoms with Crippen LogP contribution in [0.2, 0.25) is 0 Å². The van der Waals surface area contributed by atoms with Crippen LogP contribution in [-0.2, 0) is 10.2 Å². The second-order valence-electron chi connectivity index (χ2n) is 8.68. The number of anilines is 1. The largest absolute Gasteiger partial charge is 0.376 e. The maximum Gasteiger partial charge on any atom is 0.241 e. The summed E-state index contributed by atoms with van der Waals surface area (Å²) in [5.41, 5.74) is 3.66. The lowest BCUT2D eigenvalue weighted by Gasteiger charge is -2.34. The molecule has 1 amide bonds. The van der Waals surface area contributed by atoms with Gasteiger partial charge < -0.3 is 10.2 Å². The fourth-order valence-electron chi connectivity index (χ4n) is 3.46. The fraction of sp³-hybridized carbons (Fsp3) is 0.400. The first-order valence-electron chi connectivity index (χ1n) is 10.5. The van der Waals surface area contributed by atoms with Gasteiger partial charge in [-0.25, -0.2) is 0 Å². The third-order valence-corrected chi connectivity index (χ3v) is 5.39. The number of carbonyl (C=O) groups excluding carboxylic acids is 1. The summed E-state index contributed by atoms with van der Waals surface area (Å²) in [6.45, 7) is 11.3. The highest BCUT2D eigenvalue weighted by Crippen LogP contribution is 2.23. The molecule has 0 bridgehead atoms. The van der Waals surface area contributed by atoms with Crippen LogP contribution in [0.25, 0.3) is 6.08 Å². The van der Waals surface area contributed by atoms with Crippen molar-refractivity contribution in [3.8, 4) is 0 Å². The van der Waals surface area contributed by atoms with Crippen LogP contribution in [-0.4, -0.2) is 55.0 Å². The number of piperazine rings is 1. The molecule has 0 spiro atoms. The second-order valence-corrected chi connectivity index (χ2v) is 8.68. The van der Waals surface area contributed by atoms with E-state index in [1.165, 1.54) is 11.1 Å². The van der Waals surface area contributed by atoms with Crippen molar-refractivity contribution in [3.05, 3.63) is 71.8 Å². The molecule has 4 heteroatoms. The first kappa shape index (κ1) is 21.1. The molecule has 1 N–H and O–H groups in total. The van der Waals surface area contributed by atoms with Crippen LogP contribution in [0, 0.1) is 0 Å². The number of nitrogens with zero attached hydrogens (tertiary/aromatic N) is 2. The summed E-state index contributed by atoms with van der Waals surface area (Å²) in [4.78, 5) is 16.9. The van der Waals surface area contributed by atoms with Gasteiger partial charge in [-0.3, -0.25) is 9.69 Å². The SMILES string of the molecule is CC(C)(C)c1ccc(NCC(=O)N2CCN(C/C=C/c3ccccc3)CC2)cc1. The van der Waals surface area contributed by atoms with Crippen molar-refractivity contribution in [1.29, 1.82) is 0 Å². The average molecular weight is 392 g/mol. The van der Waals surface area contributed by atoms with Crippen molar-refractivity contribution in [3.63, 3.8) is 0 Å². The van der Waals surface area contributed by atoms with E-state index in [9.17, 15) is 4.79 Å². The van der Waals surface area contributed by atoms with Gasteiger partial charge in [-0.05, 0) is 28.7 Å². The number of carbonyl (C=O) groups is 1. The Bertz CT molecular complexity index is 798. The molecule has 0 unspecified atom stereocenters. The molecule has 2 aromatic rings. The Morgan fingerprint density at radius 1 is 0.966 bits per heavy atom. The molecular formula is C25H33N3O. The van der Waals surface area contributed by atoms with Crippen molar-refractivity contribution in [2.24, 2.45) is 0 Å². The summed E-state index contributed by atoms with van der Waals surface area (Å²) < 4.78 is 0. The molecule has 29 heavy (non-hydrogen) atoms. The Hall–Kier alpha value is -2.59. The van der Waals surface area contributed by atoms with Crippen LogP contribution in [0.15, 0.2) is 60.7 Å². The van der Waals surface area contributed by atoms with Crippen LogP contribution >= 0.6 is 0 Å². The third-order valence-electron chi connectivity index (χ3n) is 5.39. The monoisotopic (exact) mass is 391 g/mol. The Kier molecular flexibility index (Phi) is 7.10. The third kappa shape index (κ3) is 6.47. The van der Waals surface area contributed by atoms with E-state index in [0.29, 0.717) is 6.54 Å². The molecule has 1 saturated heterocycles. The van der Waals surface area contributed by atoms with Crippen LogP contribution in [0.4, 0.5) is 5.69 Å². The Morgan fingerprint density at radius 2 is 1.62 bits per heavy atom. The smallest absolute Gasteiger partial charge is 0.241 e. The second kappa shape index (κ2) is 9.75. The molecule has 0 atom stereocenters. The topological polar surface area (TPSA) is 35.6 Å². The first-order valence-corrected chi connectivity index (χ1v) is 10.5. The molecule has 2 aromatic carbocycles. The number of hydrogen-bond acceptors (Lipinski definition) is 3. The van der Waals surface area contributed by atoms with Gasteiger partial charge in [0.25, 0.3) is 0 Å². The van der Waals surface area contributed by atoms with Crippen molar-refractivity contribution in [2.45, 2.75) is 26.2 Å². The predicted octanol–water partition coefficient (Wildman–Crippen LogP) is 4.25. The zero-order valence-electron chi connectivity index (χ0n) is 17.9. The maximum atomic E-state index is 12.5. The lowest BCUT2D eigenvalue weighted by molar-refractivity contribution is -0.130. The summed E-state index contributed by atoms with van der Waals surface area (Å²) >= 11 is 0. The molecule has 3 rings (SSSR count). The van der Waals surface area contributed by atoms with Gasteiger partial charge in [0, 0.05) is 38.4 Å². The normalized spacial score (nSPS) is 15.6. The van der Waals surface area contributed by atoms with Gasteiger partial charge in [-0.1, -0.05) is 75.4 Å². The van der Waals surface area contributed by atoms with E-state index in [1.54, 1.807) is 0 Å². The minimum Gasteiger partial charge on any atom is -0.376 e. The van der Waals surface area contributed by atoms with Gasteiger partial charge >= 0.3 is 0 Å². The molecular weight excluding hydrogens is 358 g/mol. The van der Waals surface area contributed by atoms with E-state index in [2.05, 4.69) is 91.7 Å². The van der Waals surface area contributed by atoms with Crippen molar-refractivity contribution >= 4 is 17.7 Å². The summed E-state index contributed by atoms with van der Waals surface area (Å²) in [6.07, 6.45) is 4.36. The molecule has 1 heterocycles. The van der Waals surface area contributed by atoms with Gasteiger partial charge in [0.1, 0.15) is 0 Å². The molecule has 0 saturated carbocycles. The van der Waals surface area contributed by atoms with Gasteiger partial charge in [-0.2, -0.15) is 0 Å². The zero-order chi connectivity index (χ0) is 20.7. The van der Waals surface area contributed by atoms with Crippen LogP contribution in [0.1, 0.15) is 31.9 Å². The van der Waals surface area contributed by atoms with Crippen molar-refractivity contribution in [1.82, 2.24) is 9.80 Å². The van der Waals surface area contributed by atoms with Crippen molar-refractivity contribution < 1.29 is 4.79 Å². The molecule has 1 fully saturated rings. The lowest BCUT2D eigenvalue weighted by atomic mass is 9.87. The van der Waals surface area contributed by atoms with E-state index < -0.39 is 0 Å². The van der Waals surface area contributed by atoms with Gasteiger partial charge in [-0.15, -0.1) is 0 Å². The highest BCUT2D eigenvalue weighted by Gasteiger charge is 2.20. The number of rotatable bonds is 6. The average Bonchev–Trinajstić information content (AvgIpc) is 2.73. The van der Waals surface area contributed by atoms with Crippen LogP contribution in [0.5, 0.6) is 0 Å². The minimum atomic E-state index is 0.143. The zero-order valence-corrected chi connectivity index (χ0v) is 17.9. The van der Waals surface area contributed by atoms with Gasteiger partial charge in [0.05, 0.1) is 6.54 Å². The van der Waals surface area contributed by atoms with E-state index in [-0.39, 0.29) is 11.3 Å². The quantitative estimate of drug-likeness (QED) is 0.799. The summed E-state index contributed by atoms with van der Waals surface area (Å²) in [5.74, 6) is 0.171. The van der Waals surface area contributed by atoms with E-state index in [0.717, 1.165) is 38.4 Å². The highest BCUT2D eigenvalue weighted by atomic mass is 16.2. The molecule has 0 aromatic heterocycles. The number of nitrogens with one attached hydrogen (secondary N) is 1. The Labute approximate surface area is 175 Å². The maximum absolute atomic E-state index is 12.5. The Balaban J connectivity index is 1.39. The molecule has 0 radical (unpaired) electrons. The highest BCUT2D eigenvalue weighted by molar-refractivity contribution is 5.81. The molecule has 4 nitrogen and oxygen atoms in total. The molecule has 154 valence electrons. The standard InChI is InChI=1S/C25H33N3O/c1-25(2,3)22-11-13-23(14-12-22)26-20-24(29)28-18-16-27(17-19-28)15-7-10-21-8-5-4-6-9-21/h4-14,26H,15-20H2,1-3H3/b10-7+. The van der Waals surface area contributed by atoms with Crippen LogP contribution in [0.3, 0.4) is 0 Å². The van der Waals surface area contributed by atoms with Crippen LogP contribution < -0.4 is 5.32 Å². The number of hydrogen-bond donors (Lipinski definition) is 1.